The summed E-state index contributed by atoms with van der Waals surface area (Å²) in [6.07, 6.45) is 0.405. The highest BCUT2D eigenvalue weighted by Gasteiger charge is 2.02. The molecule has 5 nitrogen and oxygen atoms in total. The van der Waals surface area contributed by atoms with E-state index in [1.54, 1.807) is 12.1 Å². The third-order valence-corrected chi connectivity index (χ3v) is 1.94. The lowest BCUT2D eigenvalue weighted by molar-refractivity contribution is -0.121. The predicted molar refractivity (Wildman–Crippen MR) is 63.4 cm³/mol. The molecular formula is C10H15ClN4O. The Bertz CT molecular complexity index is 339. The van der Waals surface area contributed by atoms with Crippen molar-refractivity contribution in [3.63, 3.8) is 0 Å². The number of nitrogens with zero attached hydrogens (tertiary/aromatic N) is 2. The maximum atomic E-state index is 11.3. The maximum absolute atomic E-state index is 11.3. The number of amides is 1. The van der Waals surface area contributed by atoms with Crippen molar-refractivity contribution >= 4 is 23.3 Å². The minimum absolute atomic E-state index is 0.0180. The average molecular weight is 243 g/mol. The molecule has 0 aliphatic heterocycles. The van der Waals surface area contributed by atoms with Gasteiger partial charge in [0.2, 0.25) is 5.91 Å². The van der Waals surface area contributed by atoms with E-state index in [1.165, 1.54) is 0 Å². The van der Waals surface area contributed by atoms with Gasteiger partial charge >= 0.3 is 0 Å². The minimum atomic E-state index is 0.0180. The minimum Gasteiger partial charge on any atom is -0.368 e. The SMILES string of the molecule is CC(C)NC(=O)CCNc1ccc(Cl)nn1. The van der Waals surface area contributed by atoms with Crippen molar-refractivity contribution in [3.05, 3.63) is 17.3 Å². The number of aromatic nitrogens is 2. The summed E-state index contributed by atoms with van der Waals surface area (Å²) in [4.78, 5) is 11.3. The zero-order valence-electron chi connectivity index (χ0n) is 9.33. The van der Waals surface area contributed by atoms with Crippen LogP contribution in [0.4, 0.5) is 5.82 Å². The van der Waals surface area contributed by atoms with E-state index in [9.17, 15) is 4.79 Å². The first-order valence-electron chi connectivity index (χ1n) is 5.10. The highest BCUT2D eigenvalue weighted by Crippen LogP contribution is 2.05. The Kier molecular flexibility index (Phi) is 4.98. The summed E-state index contributed by atoms with van der Waals surface area (Å²) in [6, 6.07) is 3.53. The molecule has 0 saturated carbocycles. The monoisotopic (exact) mass is 242 g/mol. The average Bonchev–Trinajstić information content (AvgIpc) is 2.20. The van der Waals surface area contributed by atoms with E-state index < -0.39 is 0 Å². The van der Waals surface area contributed by atoms with E-state index in [-0.39, 0.29) is 11.9 Å². The Morgan fingerprint density at radius 1 is 1.44 bits per heavy atom. The molecule has 0 aromatic carbocycles. The van der Waals surface area contributed by atoms with Gasteiger partial charge in [-0.05, 0) is 26.0 Å². The zero-order valence-corrected chi connectivity index (χ0v) is 10.1. The number of rotatable bonds is 5. The number of carbonyl (C=O) groups excluding carboxylic acids is 1. The molecule has 0 fully saturated rings. The molecule has 0 atom stereocenters. The Labute approximate surface area is 99.6 Å². The number of hydrogen-bond donors (Lipinski definition) is 2. The molecule has 88 valence electrons. The topological polar surface area (TPSA) is 66.9 Å². The fourth-order valence-corrected chi connectivity index (χ4v) is 1.21. The summed E-state index contributed by atoms with van der Waals surface area (Å²) in [5.41, 5.74) is 0. The number of nitrogens with one attached hydrogen (secondary N) is 2. The molecule has 1 aromatic rings. The van der Waals surface area contributed by atoms with E-state index in [2.05, 4.69) is 20.8 Å². The first-order chi connectivity index (χ1) is 7.58. The molecule has 0 bridgehead atoms. The molecule has 2 N–H and O–H groups in total. The van der Waals surface area contributed by atoms with Gasteiger partial charge in [-0.15, -0.1) is 10.2 Å². The van der Waals surface area contributed by atoms with Crippen molar-refractivity contribution in [2.75, 3.05) is 11.9 Å². The molecule has 6 heteroatoms. The molecule has 1 rings (SSSR count). The van der Waals surface area contributed by atoms with Crippen LogP contribution in [0.3, 0.4) is 0 Å². The van der Waals surface area contributed by atoms with Gasteiger partial charge < -0.3 is 10.6 Å². The number of carbonyl (C=O) groups is 1. The van der Waals surface area contributed by atoms with Crippen molar-refractivity contribution < 1.29 is 4.79 Å². The fraction of sp³-hybridized carbons (Fsp3) is 0.500. The summed E-state index contributed by atoms with van der Waals surface area (Å²) >= 11 is 5.59. The third kappa shape index (κ3) is 4.93. The Hall–Kier alpha value is -1.36. The van der Waals surface area contributed by atoms with Crippen LogP contribution in [0.15, 0.2) is 12.1 Å². The largest absolute Gasteiger partial charge is 0.368 e. The zero-order chi connectivity index (χ0) is 12.0. The maximum Gasteiger partial charge on any atom is 0.221 e. The van der Waals surface area contributed by atoms with Crippen LogP contribution in [0.5, 0.6) is 0 Å². The molecule has 1 aromatic heterocycles. The molecular weight excluding hydrogens is 228 g/mol. The van der Waals surface area contributed by atoms with E-state index >= 15 is 0 Å². The number of halogens is 1. The van der Waals surface area contributed by atoms with Crippen molar-refractivity contribution in [2.24, 2.45) is 0 Å². The predicted octanol–water partition coefficient (Wildman–Crippen LogP) is 1.46. The van der Waals surface area contributed by atoms with Crippen LogP contribution in [0, 0.1) is 0 Å². The van der Waals surface area contributed by atoms with Crippen LogP contribution in [0.2, 0.25) is 5.15 Å². The summed E-state index contributed by atoms with van der Waals surface area (Å²) in [5, 5.41) is 13.6. The fourth-order valence-electron chi connectivity index (χ4n) is 1.11. The molecule has 16 heavy (non-hydrogen) atoms. The van der Waals surface area contributed by atoms with Crippen LogP contribution in [0.1, 0.15) is 20.3 Å². The summed E-state index contributed by atoms with van der Waals surface area (Å²) in [7, 11) is 0. The lowest BCUT2D eigenvalue weighted by Gasteiger charge is -2.08. The van der Waals surface area contributed by atoms with Gasteiger partial charge in [0.1, 0.15) is 5.82 Å². The molecule has 0 saturated heterocycles. The van der Waals surface area contributed by atoms with Gasteiger partial charge in [-0.2, -0.15) is 0 Å². The number of hydrogen-bond acceptors (Lipinski definition) is 4. The molecule has 0 spiro atoms. The van der Waals surface area contributed by atoms with Gasteiger partial charge in [0, 0.05) is 19.0 Å². The van der Waals surface area contributed by atoms with Crippen molar-refractivity contribution in [2.45, 2.75) is 26.3 Å². The molecule has 1 heterocycles. The highest BCUT2D eigenvalue weighted by molar-refractivity contribution is 6.29. The van der Waals surface area contributed by atoms with Crippen LogP contribution in [-0.2, 0) is 4.79 Å². The van der Waals surface area contributed by atoms with Gasteiger partial charge in [0.15, 0.2) is 5.15 Å². The van der Waals surface area contributed by atoms with Crippen LogP contribution in [-0.4, -0.2) is 28.7 Å². The summed E-state index contributed by atoms with van der Waals surface area (Å²) < 4.78 is 0. The normalized spacial score (nSPS) is 10.2. The second-order valence-electron chi connectivity index (χ2n) is 3.64. The van der Waals surface area contributed by atoms with E-state index in [4.69, 9.17) is 11.6 Å². The molecule has 1 amide bonds. The van der Waals surface area contributed by atoms with Gasteiger partial charge in [0.05, 0.1) is 0 Å². The number of anilines is 1. The van der Waals surface area contributed by atoms with Crippen LogP contribution >= 0.6 is 11.6 Å². The first kappa shape index (κ1) is 12.7. The Balaban J connectivity index is 2.25. The molecule has 0 aliphatic carbocycles. The second kappa shape index (κ2) is 6.27. The second-order valence-corrected chi connectivity index (χ2v) is 4.03. The van der Waals surface area contributed by atoms with Gasteiger partial charge in [-0.25, -0.2) is 0 Å². The smallest absolute Gasteiger partial charge is 0.221 e. The van der Waals surface area contributed by atoms with Gasteiger partial charge in [-0.3, -0.25) is 4.79 Å². The van der Waals surface area contributed by atoms with Crippen LogP contribution in [0.25, 0.3) is 0 Å². The van der Waals surface area contributed by atoms with Gasteiger partial charge in [-0.1, -0.05) is 11.6 Å². The quantitative estimate of drug-likeness (QED) is 0.820. The Morgan fingerprint density at radius 2 is 2.19 bits per heavy atom. The molecule has 0 aliphatic rings. The summed E-state index contributed by atoms with van der Waals surface area (Å²) in [6.45, 7) is 4.38. The molecule has 0 unspecified atom stereocenters. The van der Waals surface area contributed by atoms with Crippen LogP contribution < -0.4 is 10.6 Å². The Morgan fingerprint density at radius 3 is 2.75 bits per heavy atom. The van der Waals surface area contributed by atoms with E-state index in [0.29, 0.717) is 23.9 Å². The van der Waals surface area contributed by atoms with E-state index in [1.807, 2.05) is 13.8 Å². The first-order valence-corrected chi connectivity index (χ1v) is 5.48. The lowest BCUT2D eigenvalue weighted by Crippen LogP contribution is -2.31. The van der Waals surface area contributed by atoms with Crippen molar-refractivity contribution in [3.8, 4) is 0 Å². The highest BCUT2D eigenvalue weighted by atomic mass is 35.5. The van der Waals surface area contributed by atoms with Gasteiger partial charge in [0.25, 0.3) is 0 Å². The van der Waals surface area contributed by atoms with E-state index in [0.717, 1.165) is 0 Å². The molecule has 0 radical (unpaired) electrons. The summed E-state index contributed by atoms with van der Waals surface area (Å²) in [5.74, 6) is 0.631. The third-order valence-electron chi connectivity index (χ3n) is 1.74. The van der Waals surface area contributed by atoms with Crippen molar-refractivity contribution in [1.82, 2.24) is 15.5 Å². The lowest BCUT2D eigenvalue weighted by atomic mass is 10.3. The van der Waals surface area contributed by atoms with Crippen molar-refractivity contribution in [1.29, 1.82) is 0 Å². The standard InChI is InChI=1S/C10H15ClN4O/c1-7(2)13-10(16)5-6-12-9-4-3-8(11)14-15-9/h3-4,7H,5-6H2,1-2H3,(H,12,15)(H,13,16).